The normalized spacial score (nSPS) is 10.8. The Morgan fingerprint density at radius 1 is 1.29 bits per heavy atom. The number of anilines is 1. The van der Waals surface area contributed by atoms with Crippen molar-refractivity contribution in [3.05, 3.63) is 48.3 Å². The second-order valence-corrected chi connectivity index (χ2v) is 6.39. The minimum Gasteiger partial charge on any atom is -0.497 e. The molecule has 124 valence electrons. The minimum atomic E-state index is 0.0641. The van der Waals surface area contributed by atoms with Gasteiger partial charge in [-0.25, -0.2) is 4.98 Å². The molecule has 24 heavy (non-hydrogen) atoms. The molecule has 1 aromatic carbocycles. The van der Waals surface area contributed by atoms with Crippen LogP contribution in [-0.4, -0.2) is 23.0 Å². The van der Waals surface area contributed by atoms with Crippen molar-refractivity contribution < 1.29 is 9.53 Å². The Hall–Kier alpha value is -2.47. The highest BCUT2D eigenvalue weighted by Crippen LogP contribution is 2.32. The lowest BCUT2D eigenvalue weighted by Crippen LogP contribution is -2.30. The van der Waals surface area contributed by atoms with Gasteiger partial charge in [-0.1, -0.05) is 24.3 Å². The first-order valence-corrected chi connectivity index (χ1v) is 8.67. The van der Waals surface area contributed by atoms with Crippen LogP contribution < -0.4 is 9.64 Å². The van der Waals surface area contributed by atoms with E-state index in [0.717, 1.165) is 28.1 Å². The van der Waals surface area contributed by atoms with Crippen molar-refractivity contribution in [3.63, 3.8) is 0 Å². The molecule has 0 aliphatic carbocycles. The standard InChI is InChI=1S/C18H19N3O2S/c1-3-6-17(22)21(12-13-7-4-5-10-19-13)18-20-15-11-14(23-2)8-9-16(15)24-18/h4-5,7-11H,3,6,12H2,1-2H3. The van der Waals surface area contributed by atoms with Crippen molar-refractivity contribution in [1.29, 1.82) is 0 Å². The topological polar surface area (TPSA) is 55.3 Å². The largest absolute Gasteiger partial charge is 0.497 e. The van der Waals surface area contributed by atoms with Crippen LogP contribution in [-0.2, 0) is 11.3 Å². The average molecular weight is 341 g/mol. The summed E-state index contributed by atoms with van der Waals surface area (Å²) < 4.78 is 6.28. The lowest BCUT2D eigenvalue weighted by Gasteiger charge is -2.19. The van der Waals surface area contributed by atoms with Gasteiger partial charge < -0.3 is 4.74 Å². The number of carbonyl (C=O) groups excluding carboxylic acids is 1. The first-order valence-electron chi connectivity index (χ1n) is 7.86. The van der Waals surface area contributed by atoms with Gasteiger partial charge in [-0.3, -0.25) is 14.7 Å². The molecule has 0 atom stereocenters. The highest BCUT2D eigenvalue weighted by molar-refractivity contribution is 7.22. The third kappa shape index (κ3) is 3.54. The van der Waals surface area contributed by atoms with Crippen molar-refractivity contribution in [3.8, 4) is 5.75 Å². The van der Waals surface area contributed by atoms with Gasteiger partial charge in [-0.05, 0) is 30.7 Å². The van der Waals surface area contributed by atoms with Crippen LogP contribution in [0.4, 0.5) is 5.13 Å². The van der Waals surface area contributed by atoms with Crippen molar-refractivity contribution in [2.45, 2.75) is 26.3 Å². The molecule has 0 unspecified atom stereocenters. The van der Waals surface area contributed by atoms with Crippen LogP contribution in [0.15, 0.2) is 42.6 Å². The Morgan fingerprint density at radius 3 is 2.88 bits per heavy atom. The van der Waals surface area contributed by atoms with E-state index in [9.17, 15) is 4.79 Å². The second kappa shape index (κ2) is 7.40. The molecule has 0 saturated carbocycles. The lowest BCUT2D eigenvalue weighted by molar-refractivity contribution is -0.118. The Morgan fingerprint density at radius 2 is 2.17 bits per heavy atom. The SMILES string of the molecule is CCCC(=O)N(Cc1ccccn1)c1nc2cc(OC)ccc2s1. The van der Waals surface area contributed by atoms with Gasteiger partial charge in [0.1, 0.15) is 5.75 Å². The molecule has 1 amide bonds. The summed E-state index contributed by atoms with van der Waals surface area (Å²) in [5.74, 6) is 0.824. The second-order valence-electron chi connectivity index (χ2n) is 5.38. The van der Waals surface area contributed by atoms with E-state index in [4.69, 9.17) is 4.74 Å². The van der Waals surface area contributed by atoms with Crippen LogP contribution >= 0.6 is 11.3 Å². The van der Waals surface area contributed by atoms with E-state index in [0.29, 0.717) is 18.1 Å². The number of hydrogen-bond donors (Lipinski definition) is 0. The zero-order valence-electron chi connectivity index (χ0n) is 13.7. The third-order valence-corrected chi connectivity index (χ3v) is 4.68. The summed E-state index contributed by atoms with van der Waals surface area (Å²) in [6, 6.07) is 11.5. The monoisotopic (exact) mass is 341 g/mol. The Kier molecular flexibility index (Phi) is 5.05. The number of hydrogen-bond acceptors (Lipinski definition) is 5. The van der Waals surface area contributed by atoms with E-state index >= 15 is 0 Å². The summed E-state index contributed by atoms with van der Waals surface area (Å²) >= 11 is 1.51. The van der Waals surface area contributed by atoms with E-state index in [1.54, 1.807) is 18.2 Å². The number of fused-ring (bicyclic) bond motifs is 1. The molecule has 0 aliphatic heterocycles. The summed E-state index contributed by atoms with van der Waals surface area (Å²) in [5, 5.41) is 0.697. The Balaban J connectivity index is 1.96. The van der Waals surface area contributed by atoms with Gasteiger partial charge in [0.2, 0.25) is 5.91 Å². The van der Waals surface area contributed by atoms with Crippen LogP contribution in [0.5, 0.6) is 5.75 Å². The molecule has 0 bridgehead atoms. The number of rotatable bonds is 6. The molecule has 3 aromatic rings. The van der Waals surface area contributed by atoms with Gasteiger partial charge in [0.15, 0.2) is 5.13 Å². The predicted octanol–water partition coefficient (Wildman–Crippen LogP) is 4.03. The number of methoxy groups -OCH3 is 1. The van der Waals surface area contributed by atoms with E-state index < -0.39 is 0 Å². The van der Waals surface area contributed by atoms with Gasteiger partial charge in [-0.15, -0.1) is 0 Å². The number of thiazole rings is 1. The molecule has 0 fully saturated rings. The number of pyridine rings is 1. The molecule has 2 heterocycles. The first-order chi connectivity index (χ1) is 11.7. The van der Waals surface area contributed by atoms with E-state index in [1.807, 2.05) is 43.3 Å². The van der Waals surface area contributed by atoms with E-state index in [1.165, 1.54) is 11.3 Å². The number of nitrogens with zero attached hydrogens (tertiary/aromatic N) is 3. The molecule has 0 N–H and O–H groups in total. The number of aromatic nitrogens is 2. The molecule has 5 nitrogen and oxygen atoms in total. The van der Waals surface area contributed by atoms with Crippen LogP contribution in [0, 0.1) is 0 Å². The van der Waals surface area contributed by atoms with E-state index in [2.05, 4.69) is 9.97 Å². The number of ether oxygens (including phenoxy) is 1. The van der Waals surface area contributed by atoms with Crippen LogP contribution in [0.1, 0.15) is 25.5 Å². The smallest absolute Gasteiger partial charge is 0.229 e. The van der Waals surface area contributed by atoms with Gasteiger partial charge in [-0.2, -0.15) is 0 Å². The molecule has 0 radical (unpaired) electrons. The zero-order valence-corrected chi connectivity index (χ0v) is 14.5. The fraction of sp³-hybridized carbons (Fsp3) is 0.278. The quantitative estimate of drug-likeness (QED) is 0.679. The highest BCUT2D eigenvalue weighted by atomic mass is 32.1. The summed E-state index contributed by atoms with van der Waals surface area (Å²) in [5.41, 5.74) is 1.68. The van der Waals surface area contributed by atoms with Gasteiger partial charge >= 0.3 is 0 Å². The maximum absolute atomic E-state index is 12.6. The van der Waals surface area contributed by atoms with Crippen molar-refractivity contribution in [1.82, 2.24) is 9.97 Å². The number of amides is 1. The molecule has 6 heteroatoms. The summed E-state index contributed by atoms with van der Waals surface area (Å²) in [7, 11) is 1.63. The van der Waals surface area contributed by atoms with Crippen LogP contribution in [0.25, 0.3) is 10.2 Å². The molecule has 0 spiro atoms. The fourth-order valence-corrected chi connectivity index (χ4v) is 3.36. The molecule has 0 aliphatic rings. The predicted molar refractivity (Wildman–Crippen MR) is 96.5 cm³/mol. The Labute approximate surface area is 144 Å². The first kappa shape index (κ1) is 16.4. The molecule has 3 rings (SSSR count). The maximum Gasteiger partial charge on any atom is 0.229 e. The number of benzene rings is 1. The summed E-state index contributed by atoms with van der Waals surface area (Å²) in [4.78, 5) is 23.3. The summed E-state index contributed by atoms with van der Waals surface area (Å²) in [6.45, 7) is 2.43. The highest BCUT2D eigenvalue weighted by Gasteiger charge is 2.20. The molecule has 0 saturated heterocycles. The average Bonchev–Trinajstić information content (AvgIpc) is 3.03. The molecular formula is C18H19N3O2S. The van der Waals surface area contributed by atoms with Crippen molar-refractivity contribution >= 4 is 32.6 Å². The van der Waals surface area contributed by atoms with Crippen molar-refractivity contribution in [2.75, 3.05) is 12.0 Å². The lowest BCUT2D eigenvalue weighted by atomic mass is 10.3. The molecular weight excluding hydrogens is 322 g/mol. The van der Waals surface area contributed by atoms with Gasteiger partial charge in [0.25, 0.3) is 0 Å². The summed E-state index contributed by atoms with van der Waals surface area (Å²) in [6.07, 6.45) is 3.03. The number of carbonyl (C=O) groups is 1. The fourth-order valence-electron chi connectivity index (χ4n) is 2.40. The van der Waals surface area contributed by atoms with Crippen LogP contribution in [0.2, 0.25) is 0 Å². The third-order valence-electron chi connectivity index (χ3n) is 3.63. The van der Waals surface area contributed by atoms with Gasteiger partial charge in [0, 0.05) is 18.7 Å². The maximum atomic E-state index is 12.6. The van der Waals surface area contributed by atoms with Crippen LogP contribution in [0.3, 0.4) is 0 Å². The van der Waals surface area contributed by atoms with E-state index in [-0.39, 0.29) is 5.91 Å². The zero-order chi connectivity index (χ0) is 16.9. The van der Waals surface area contributed by atoms with Crippen molar-refractivity contribution in [2.24, 2.45) is 0 Å². The van der Waals surface area contributed by atoms with Gasteiger partial charge in [0.05, 0.1) is 29.6 Å². The molecule has 2 aromatic heterocycles. The Bertz CT molecular complexity index is 833. The minimum absolute atomic E-state index is 0.0641.